The molecule has 0 radical (unpaired) electrons. The number of rotatable bonds is 3. The van der Waals surface area contributed by atoms with Crippen molar-refractivity contribution in [3.8, 4) is 0 Å². The molecule has 0 fully saturated rings. The van der Waals surface area contributed by atoms with Gasteiger partial charge in [0.1, 0.15) is 0 Å². The highest BCUT2D eigenvalue weighted by molar-refractivity contribution is 9.10. The number of aromatic nitrogens is 2. The van der Waals surface area contributed by atoms with E-state index < -0.39 is 0 Å². The fourth-order valence-electron chi connectivity index (χ4n) is 2.01. The number of hydrogen-bond acceptors (Lipinski definition) is 2. The van der Waals surface area contributed by atoms with E-state index in [-0.39, 0.29) is 5.91 Å². The van der Waals surface area contributed by atoms with Crippen LogP contribution >= 0.6 is 15.9 Å². The molecule has 0 aliphatic carbocycles. The summed E-state index contributed by atoms with van der Waals surface area (Å²) in [4.78, 5) is 13.4. The lowest BCUT2D eigenvalue weighted by molar-refractivity contribution is 0.0827. The maximum atomic E-state index is 11.8. The van der Waals surface area contributed by atoms with Crippen LogP contribution in [0.25, 0.3) is 0 Å². The Labute approximate surface area is 127 Å². The molecule has 4 nitrogen and oxygen atoms in total. The minimum absolute atomic E-state index is 0.0189. The Morgan fingerprint density at radius 2 is 1.85 bits per heavy atom. The van der Waals surface area contributed by atoms with Crippen molar-refractivity contribution in [3.05, 3.63) is 51.3 Å². The van der Waals surface area contributed by atoms with E-state index in [0.717, 1.165) is 21.4 Å². The van der Waals surface area contributed by atoms with Crippen molar-refractivity contribution in [3.63, 3.8) is 0 Å². The van der Waals surface area contributed by atoms with Gasteiger partial charge in [0, 0.05) is 19.7 Å². The van der Waals surface area contributed by atoms with Crippen LogP contribution in [-0.2, 0) is 6.54 Å². The molecule has 0 aliphatic heterocycles. The standard InChI is InChI=1S/C15H18BrN3O/c1-10-14(16)11(2)19(17-10)9-12-5-7-13(8-6-12)15(20)18(3)4/h5-8H,9H2,1-4H3. The number of hydrogen-bond donors (Lipinski definition) is 0. The SMILES string of the molecule is Cc1nn(Cc2ccc(C(=O)N(C)C)cc2)c(C)c1Br. The van der Waals surface area contributed by atoms with E-state index in [9.17, 15) is 4.79 Å². The number of aryl methyl sites for hydroxylation is 1. The van der Waals surface area contributed by atoms with Crippen LogP contribution in [0, 0.1) is 13.8 Å². The first-order chi connectivity index (χ1) is 9.40. The Morgan fingerprint density at radius 3 is 2.30 bits per heavy atom. The van der Waals surface area contributed by atoms with Crippen LogP contribution in [0.5, 0.6) is 0 Å². The number of carbonyl (C=O) groups excluding carboxylic acids is 1. The number of carbonyl (C=O) groups is 1. The number of nitrogens with zero attached hydrogens (tertiary/aromatic N) is 3. The van der Waals surface area contributed by atoms with Crippen LogP contribution < -0.4 is 0 Å². The molecule has 106 valence electrons. The third kappa shape index (κ3) is 2.93. The molecule has 0 atom stereocenters. The molecule has 0 saturated carbocycles. The van der Waals surface area contributed by atoms with E-state index in [0.29, 0.717) is 12.1 Å². The van der Waals surface area contributed by atoms with Crippen molar-refractivity contribution in [2.24, 2.45) is 0 Å². The highest BCUT2D eigenvalue weighted by Crippen LogP contribution is 2.20. The first kappa shape index (κ1) is 14.8. The highest BCUT2D eigenvalue weighted by Gasteiger charge is 2.10. The summed E-state index contributed by atoms with van der Waals surface area (Å²) in [5.41, 5.74) is 3.92. The maximum absolute atomic E-state index is 11.8. The first-order valence-corrected chi connectivity index (χ1v) is 7.19. The summed E-state index contributed by atoms with van der Waals surface area (Å²) in [6, 6.07) is 7.67. The van der Waals surface area contributed by atoms with E-state index in [4.69, 9.17) is 0 Å². The van der Waals surface area contributed by atoms with Gasteiger partial charge in [0.05, 0.1) is 22.4 Å². The second-order valence-electron chi connectivity index (χ2n) is 5.04. The van der Waals surface area contributed by atoms with Gasteiger partial charge in [-0.3, -0.25) is 9.48 Å². The van der Waals surface area contributed by atoms with Crippen molar-refractivity contribution < 1.29 is 4.79 Å². The molecule has 2 rings (SSSR count). The molecular formula is C15H18BrN3O. The zero-order chi connectivity index (χ0) is 14.9. The van der Waals surface area contributed by atoms with Gasteiger partial charge >= 0.3 is 0 Å². The molecule has 0 N–H and O–H groups in total. The molecule has 0 aliphatic rings. The van der Waals surface area contributed by atoms with Crippen LogP contribution in [0.1, 0.15) is 27.3 Å². The van der Waals surface area contributed by atoms with Crippen LogP contribution in [-0.4, -0.2) is 34.7 Å². The molecule has 1 aromatic heterocycles. The smallest absolute Gasteiger partial charge is 0.253 e. The average molecular weight is 336 g/mol. The summed E-state index contributed by atoms with van der Waals surface area (Å²) in [5.74, 6) is 0.0189. The van der Waals surface area contributed by atoms with Crippen LogP contribution in [0.15, 0.2) is 28.7 Å². The Kier molecular flexibility index (Phi) is 4.28. The van der Waals surface area contributed by atoms with Crippen molar-refractivity contribution in [2.45, 2.75) is 20.4 Å². The largest absolute Gasteiger partial charge is 0.345 e. The zero-order valence-corrected chi connectivity index (χ0v) is 13.7. The van der Waals surface area contributed by atoms with Gasteiger partial charge < -0.3 is 4.90 Å². The molecule has 2 aromatic rings. The van der Waals surface area contributed by atoms with Crippen molar-refractivity contribution in [1.82, 2.24) is 14.7 Å². The summed E-state index contributed by atoms with van der Waals surface area (Å²) in [6.45, 7) is 4.72. The van der Waals surface area contributed by atoms with Gasteiger partial charge in [-0.2, -0.15) is 5.10 Å². The molecule has 1 amide bonds. The normalized spacial score (nSPS) is 10.7. The predicted octanol–water partition coefficient (Wildman–Crippen LogP) is 3.01. The highest BCUT2D eigenvalue weighted by atomic mass is 79.9. The van der Waals surface area contributed by atoms with Gasteiger partial charge in [0.25, 0.3) is 5.91 Å². The first-order valence-electron chi connectivity index (χ1n) is 6.40. The molecule has 0 bridgehead atoms. The summed E-state index contributed by atoms with van der Waals surface area (Å²) >= 11 is 3.53. The molecule has 0 spiro atoms. The molecular weight excluding hydrogens is 318 g/mol. The Balaban J connectivity index is 2.19. The summed E-state index contributed by atoms with van der Waals surface area (Å²) in [7, 11) is 3.51. The van der Waals surface area contributed by atoms with Crippen molar-refractivity contribution >= 4 is 21.8 Å². The van der Waals surface area contributed by atoms with Gasteiger partial charge in [-0.05, 0) is 47.5 Å². The lowest BCUT2D eigenvalue weighted by Gasteiger charge is -2.11. The third-order valence-corrected chi connectivity index (χ3v) is 4.38. The quantitative estimate of drug-likeness (QED) is 0.864. The Morgan fingerprint density at radius 1 is 1.25 bits per heavy atom. The summed E-state index contributed by atoms with van der Waals surface area (Å²) < 4.78 is 3.01. The van der Waals surface area contributed by atoms with Gasteiger partial charge in [0.2, 0.25) is 0 Å². The minimum Gasteiger partial charge on any atom is -0.345 e. The molecule has 0 unspecified atom stereocenters. The zero-order valence-electron chi connectivity index (χ0n) is 12.1. The maximum Gasteiger partial charge on any atom is 0.253 e. The van der Waals surface area contributed by atoms with Crippen LogP contribution in [0.2, 0.25) is 0 Å². The fourth-order valence-corrected chi connectivity index (χ4v) is 2.30. The van der Waals surface area contributed by atoms with E-state index in [1.54, 1.807) is 19.0 Å². The van der Waals surface area contributed by atoms with Gasteiger partial charge in [0.15, 0.2) is 0 Å². The summed E-state index contributed by atoms with van der Waals surface area (Å²) in [6.07, 6.45) is 0. The second kappa shape index (κ2) is 5.79. The van der Waals surface area contributed by atoms with E-state index in [1.807, 2.05) is 42.8 Å². The average Bonchev–Trinajstić information content (AvgIpc) is 2.66. The van der Waals surface area contributed by atoms with Crippen molar-refractivity contribution in [1.29, 1.82) is 0 Å². The monoisotopic (exact) mass is 335 g/mol. The molecule has 20 heavy (non-hydrogen) atoms. The summed E-state index contributed by atoms with van der Waals surface area (Å²) in [5, 5.41) is 4.49. The van der Waals surface area contributed by atoms with Gasteiger partial charge in [-0.15, -0.1) is 0 Å². The van der Waals surface area contributed by atoms with Crippen LogP contribution in [0.4, 0.5) is 0 Å². The minimum atomic E-state index is 0.0189. The predicted molar refractivity (Wildman–Crippen MR) is 83.0 cm³/mol. The second-order valence-corrected chi connectivity index (χ2v) is 5.83. The Bertz CT molecular complexity index is 629. The number of halogens is 1. The van der Waals surface area contributed by atoms with Gasteiger partial charge in [-0.1, -0.05) is 12.1 Å². The third-order valence-electron chi connectivity index (χ3n) is 3.23. The van der Waals surface area contributed by atoms with E-state index in [1.165, 1.54) is 0 Å². The van der Waals surface area contributed by atoms with E-state index >= 15 is 0 Å². The molecule has 0 saturated heterocycles. The number of amides is 1. The van der Waals surface area contributed by atoms with Crippen molar-refractivity contribution in [2.75, 3.05) is 14.1 Å². The molecule has 1 aromatic carbocycles. The molecule has 1 heterocycles. The fraction of sp³-hybridized carbons (Fsp3) is 0.333. The van der Waals surface area contributed by atoms with Gasteiger partial charge in [-0.25, -0.2) is 0 Å². The van der Waals surface area contributed by atoms with Crippen LogP contribution in [0.3, 0.4) is 0 Å². The topological polar surface area (TPSA) is 38.1 Å². The lowest BCUT2D eigenvalue weighted by Crippen LogP contribution is -2.21. The lowest BCUT2D eigenvalue weighted by atomic mass is 10.1. The number of benzene rings is 1. The Hall–Kier alpha value is -1.62. The molecule has 5 heteroatoms. The van der Waals surface area contributed by atoms with E-state index in [2.05, 4.69) is 21.0 Å².